The summed E-state index contributed by atoms with van der Waals surface area (Å²) in [6, 6.07) is 6.78. The predicted molar refractivity (Wildman–Crippen MR) is 91.6 cm³/mol. The molecule has 2 heterocycles. The van der Waals surface area contributed by atoms with E-state index in [2.05, 4.69) is 42.2 Å². The third-order valence-corrected chi connectivity index (χ3v) is 4.84. The highest BCUT2D eigenvalue weighted by Crippen LogP contribution is 2.33. The zero-order chi connectivity index (χ0) is 17.1. The Morgan fingerprint density at radius 2 is 2.12 bits per heavy atom. The van der Waals surface area contributed by atoms with Gasteiger partial charge < -0.3 is 9.42 Å². The van der Waals surface area contributed by atoms with E-state index in [0.29, 0.717) is 24.6 Å². The molecule has 128 valence electrons. The van der Waals surface area contributed by atoms with Crippen LogP contribution in [0.15, 0.2) is 22.7 Å². The van der Waals surface area contributed by atoms with Crippen molar-refractivity contribution < 1.29 is 9.32 Å². The van der Waals surface area contributed by atoms with Gasteiger partial charge in [-0.1, -0.05) is 23.4 Å². The van der Waals surface area contributed by atoms with Gasteiger partial charge in [-0.3, -0.25) is 4.79 Å². The largest absolute Gasteiger partial charge is 0.339 e. The number of nitrogens with zero attached hydrogens (tertiary/aromatic N) is 3. The first-order valence-electron chi connectivity index (χ1n) is 8.70. The lowest BCUT2D eigenvalue weighted by atomic mass is 9.99. The van der Waals surface area contributed by atoms with Crippen molar-refractivity contribution in [3.05, 3.63) is 46.6 Å². The zero-order valence-electron chi connectivity index (χ0n) is 14.7. The van der Waals surface area contributed by atoms with Crippen LogP contribution in [0.3, 0.4) is 0 Å². The SMILES string of the molecule is Cc1noc(CCCC(=O)N2CCC[C@H]2c2ccc(C)c(C)c2)n1. The summed E-state index contributed by atoms with van der Waals surface area (Å²) in [5.74, 6) is 1.49. The van der Waals surface area contributed by atoms with Crippen LogP contribution in [0, 0.1) is 20.8 Å². The van der Waals surface area contributed by atoms with Crippen LogP contribution >= 0.6 is 0 Å². The highest BCUT2D eigenvalue weighted by Gasteiger charge is 2.29. The fourth-order valence-electron chi connectivity index (χ4n) is 3.36. The second-order valence-corrected chi connectivity index (χ2v) is 6.68. The quantitative estimate of drug-likeness (QED) is 0.840. The second-order valence-electron chi connectivity index (χ2n) is 6.68. The Bertz CT molecular complexity index is 723. The van der Waals surface area contributed by atoms with Gasteiger partial charge in [0.25, 0.3) is 0 Å². The minimum atomic E-state index is 0.224. The molecule has 0 unspecified atom stereocenters. The molecular weight excluding hydrogens is 302 g/mol. The van der Waals surface area contributed by atoms with Gasteiger partial charge in [0.2, 0.25) is 11.8 Å². The van der Waals surface area contributed by atoms with E-state index in [1.807, 2.05) is 4.90 Å². The maximum absolute atomic E-state index is 12.6. The Labute approximate surface area is 143 Å². The number of amides is 1. The molecule has 1 atom stereocenters. The zero-order valence-corrected chi connectivity index (χ0v) is 14.7. The second kappa shape index (κ2) is 7.16. The minimum absolute atomic E-state index is 0.224. The van der Waals surface area contributed by atoms with Gasteiger partial charge in [0.1, 0.15) is 0 Å². The van der Waals surface area contributed by atoms with E-state index in [1.54, 1.807) is 6.92 Å². The number of hydrogen-bond donors (Lipinski definition) is 0. The number of rotatable bonds is 5. The molecule has 1 fully saturated rings. The van der Waals surface area contributed by atoms with Crippen molar-refractivity contribution in [2.45, 2.75) is 58.9 Å². The van der Waals surface area contributed by atoms with Crippen LogP contribution in [-0.4, -0.2) is 27.5 Å². The molecule has 0 radical (unpaired) electrons. The van der Waals surface area contributed by atoms with Gasteiger partial charge in [0.15, 0.2) is 5.82 Å². The van der Waals surface area contributed by atoms with Gasteiger partial charge in [0.05, 0.1) is 6.04 Å². The molecule has 0 saturated carbocycles. The Kier molecular flexibility index (Phi) is 4.97. The van der Waals surface area contributed by atoms with E-state index in [9.17, 15) is 4.79 Å². The molecule has 5 heteroatoms. The predicted octanol–water partition coefficient (Wildman–Crippen LogP) is 3.68. The first-order chi connectivity index (χ1) is 11.5. The molecule has 1 aromatic heterocycles. The fraction of sp³-hybridized carbons (Fsp3) is 0.526. The van der Waals surface area contributed by atoms with Crippen molar-refractivity contribution in [1.29, 1.82) is 0 Å². The lowest BCUT2D eigenvalue weighted by molar-refractivity contribution is -0.132. The average molecular weight is 327 g/mol. The molecule has 0 N–H and O–H groups in total. The number of carbonyl (C=O) groups excluding carboxylic acids is 1. The molecule has 0 spiro atoms. The van der Waals surface area contributed by atoms with Crippen LogP contribution in [0.5, 0.6) is 0 Å². The van der Waals surface area contributed by atoms with Crippen molar-refractivity contribution >= 4 is 5.91 Å². The van der Waals surface area contributed by atoms with E-state index in [1.165, 1.54) is 16.7 Å². The molecular formula is C19H25N3O2. The summed E-state index contributed by atoms with van der Waals surface area (Å²) in [7, 11) is 0. The number of hydrogen-bond acceptors (Lipinski definition) is 4. The molecule has 1 amide bonds. The molecule has 2 aromatic rings. The molecule has 0 bridgehead atoms. The van der Waals surface area contributed by atoms with Gasteiger partial charge >= 0.3 is 0 Å². The van der Waals surface area contributed by atoms with Crippen LogP contribution in [0.2, 0.25) is 0 Å². The number of aromatic nitrogens is 2. The average Bonchev–Trinajstić information content (AvgIpc) is 3.19. The van der Waals surface area contributed by atoms with E-state index >= 15 is 0 Å². The van der Waals surface area contributed by atoms with Crippen molar-refractivity contribution in [2.24, 2.45) is 0 Å². The normalized spacial score (nSPS) is 17.5. The van der Waals surface area contributed by atoms with E-state index in [4.69, 9.17) is 4.52 Å². The van der Waals surface area contributed by atoms with Gasteiger partial charge in [-0.25, -0.2) is 0 Å². The van der Waals surface area contributed by atoms with Crippen LogP contribution < -0.4 is 0 Å². The van der Waals surface area contributed by atoms with Crippen LogP contribution in [0.1, 0.15) is 60.1 Å². The maximum Gasteiger partial charge on any atom is 0.226 e. The Hall–Kier alpha value is -2.17. The Morgan fingerprint density at radius 3 is 2.83 bits per heavy atom. The van der Waals surface area contributed by atoms with Crippen LogP contribution in [0.4, 0.5) is 0 Å². The number of aryl methyl sites for hydroxylation is 4. The summed E-state index contributed by atoms with van der Waals surface area (Å²) in [5.41, 5.74) is 3.85. The topological polar surface area (TPSA) is 59.2 Å². The van der Waals surface area contributed by atoms with Crippen molar-refractivity contribution in [2.75, 3.05) is 6.54 Å². The minimum Gasteiger partial charge on any atom is -0.339 e. The number of benzene rings is 1. The monoisotopic (exact) mass is 327 g/mol. The molecule has 1 saturated heterocycles. The molecule has 1 aromatic carbocycles. The molecule has 3 rings (SSSR count). The lowest BCUT2D eigenvalue weighted by Crippen LogP contribution is -2.30. The third-order valence-electron chi connectivity index (χ3n) is 4.84. The fourth-order valence-corrected chi connectivity index (χ4v) is 3.36. The molecule has 1 aliphatic heterocycles. The first kappa shape index (κ1) is 16.7. The molecule has 24 heavy (non-hydrogen) atoms. The Morgan fingerprint density at radius 1 is 1.29 bits per heavy atom. The van der Waals surface area contributed by atoms with Gasteiger partial charge in [0, 0.05) is 19.4 Å². The third kappa shape index (κ3) is 3.66. The number of likely N-dealkylation sites (tertiary alicyclic amines) is 1. The number of carbonyl (C=O) groups is 1. The summed E-state index contributed by atoms with van der Waals surface area (Å²) in [6.45, 7) is 6.91. The highest BCUT2D eigenvalue weighted by atomic mass is 16.5. The van der Waals surface area contributed by atoms with Gasteiger partial charge in [-0.05, 0) is 56.7 Å². The summed E-state index contributed by atoms with van der Waals surface area (Å²) in [5, 5.41) is 3.78. The summed E-state index contributed by atoms with van der Waals surface area (Å²) in [6.07, 6.45) is 4.07. The first-order valence-corrected chi connectivity index (χ1v) is 8.70. The van der Waals surface area contributed by atoms with Crippen molar-refractivity contribution in [3.63, 3.8) is 0 Å². The molecule has 1 aliphatic rings. The van der Waals surface area contributed by atoms with Crippen molar-refractivity contribution in [1.82, 2.24) is 15.0 Å². The lowest BCUT2D eigenvalue weighted by Gasteiger charge is -2.25. The van der Waals surface area contributed by atoms with Gasteiger partial charge in [-0.2, -0.15) is 4.98 Å². The standard InChI is InChI=1S/C19H25N3O2/c1-13-9-10-16(12-14(13)2)17-6-5-11-22(17)19(23)8-4-7-18-20-15(3)21-24-18/h9-10,12,17H,4-8,11H2,1-3H3/t17-/m0/s1. The van der Waals surface area contributed by atoms with E-state index < -0.39 is 0 Å². The van der Waals surface area contributed by atoms with Crippen molar-refractivity contribution in [3.8, 4) is 0 Å². The van der Waals surface area contributed by atoms with E-state index in [0.717, 1.165) is 25.8 Å². The van der Waals surface area contributed by atoms with Gasteiger partial charge in [-0.15, -0.1) is 0 Å². The maximum atomic E-state index is 12.6. The smallest absolute Gasteiger partial charge is 0.226 e. The molecule has 0 aliphatic carbocycles. The highest BCUT2D eigenvalue weighted by molar-refractivity contribution is 5.77. The van der Waals surface area contributed by atoms with Crippen LogP contribution in [0.25, 0.3) is 0 Å². The Balaban J connectivity index is 1.59. The van der Waals surface area contributed by atoms with E-state index in [-0.39, 0.29) is 11.9 Å². The summed E-state index contributed by atoms with van der Waals surface area (Å²) < 4.78 is 5.10. The summed E-state index contributed by atoms with van der Waals surface area (Å²) >= 11 is 0. The molecule has 5 nitrogen and oxygen atoms in total. The van der Waals surface area contributed by atoms with Crippen LogP contribution in [-0.2, 0) is 11.2 Å². The summed E-state index contributed by atoms with van der Waals surface area (Å²) in [4.78, 5) is 18.9.